The van der Waals surface area contributed by atoms with E-state index in [0.717, 1.165) is 27.6 Å². The molecule has 0 aromatic heterocycles. The summed E-state index contributed by atoms with van der Waals surface area (Å²) in [6.07, 6.45) is 0.895. The van der Waals surface area contributed by atoms with E-state index in [-0.39, 0.29) is 18.3 Å². The van der Waals surface area contributed by atoms with Gasteiger partial charge in [-0.25, -0.2) is 0 Å². The van der Waals surface area contributed by atoms with E-state index >= 15 is 0 Å². The quantitative estimate of drug-likeness (QED) is 0.517. The number of hydrogen-bond donors (Lipinski definition) is 0. The minimum Gasteiger partial charge on any atom is -0.497 e. The van der Waals surface area contributed by atoms with Crippen molar-refractivity contribution in [3.8, 4) is 5.75 Å². The Morgan fingerprint density at radius 1 is 1.18 bits per heavy atom. The summed E-state index contributed by atoms with van der Waals surface area (Å²) in [5.41, 5.74) is 0.894. The van der Waals surface area contributed by atoms with Crippen LogP contribution in [0.5, 0.6) is 5.75 Å². The third kappa shape index (κ3) is 5.45. The maximum absolute atomic E-state index is 12.7. The van der Waals surface area contributed by atoms with E-state index in [1.807, 2.05) is 48.5 Å². The number of carbonyl (C=O) groups excluding carboxylic acids is 2. The zero-order valence-corrected chi connectivity index (χ0v) is 17.6. The third-order valence-electron chi connectivity index (χ3n) is 4.32. The number of thioether (sulfide) groups is 2. The molecule has 1 atom stereocenters. The fourth-order valence-electron chi connectivity index (χ4n) is 2.82. The maximum Gasteiger partial charge on any atom is 0.316 e. The highest BCUT2D eigenvalue weighted by molar-refractivity contribution is 8.00. The van der Waals surface area contributed by atoms with Gasteiger partial charge in [0, 0.05) is 21.6 Å². The van der Waals surface area contributed by atoms with Crippen LogP contribution in [0.3, 0.4) is 0 Å². The third-order valence-corrected chi connectivity index (χ3v) is 6.54. The van der Waals surface area contributed by atoms with Gasteiger partial charge in [0.1, 0.15) is 5.75 Å². The molecule has 1 heterocycles. The smallest absolute Gasteiger partial charge is 0.316 e. The summed E-state index contributed by atoms with van der Waals surface area (Å²) >= 11 is 3.14. The van der Waals surface area contributed by atoms with Gasteiger partial charge in [0.15, 0.2) is 6.61 Å². The molecular formula is C21H23NO4S2. The normalized spacial score (nSPS) is 16.1. The molecule has 2 aromatic rings. The van der Waals surface area contributed by atoms with Crippen LogP contribution in [0.25, 0.3) is 0 Å². The molecule has 1 amide bonds. The highest BCUT2D eigenvalue weighted by Gasteiger charge is 2.24. The summed E-state index contributed by atoms with van der Waals surface area (Å²) < 4.78 is 10.3. The van der Waals surface area contributed by atoms with E-state index in [1.165, 1.54) is 11.8 Å². The molecule has 0 bridgehead atoms. The van der Waals surface area contributed by atoms with Crippen molar-refractivity contribution >= 4 is 41.1 Å². The predicted molar refractivity (Wildman–Crippen MR) is 113 cm³/mol. The van der Waals surface area contributed by atoms with Crippen LogP contribution in [-0.4, -0.2) is 43.1 Å². The summed E-state index contributed by atoms with van der Waals surface area (Å²) in [6.45, 7) is 2.55. The van der Waals surface area contributed by atoms with E-state index in [9.17, 15) is 9.59 Å². The first-order valence-electron chi connectivity index (χ1n) is 9.05. The number of methoxy groups -OCH3 is 1. The van der Waals surface area contributed by atoms with Gasteiger partial charge in [0.2, 0.25) is 0 Å². The van der Waals surface area contributed by atoms with Crippen molar-refractivity contribution in [1.29, 1.82) is 0 Å². The molecule has 0 saturated carbocycles. The number of fused-ring (bicyclic) bond motifs is 1. The van der Waals surface area contributed by atoms with Gasteiger partial charge in [-0.1, -0.05) is 19.1 Å². The number of hydrogen-bond acceptors (Lipinski definition) is 6. The van der Waals surface area contributed by atoms with Crippen molar-refractivity contribution in [2.45, 2.75) is 28.4 Å². The number of esters is 1. The summed E-state index contributed by atoms with van der Waals surface area (Å²) in [6, 6.07) is 15.3. The second-order valence-electron chi connectivity index (χ2n) is 6.36. The second-order valence-corrected chi connectivity index (χ2v) is 8.88. The average Bonchev–Trinajstić information content (AvgIpc) is 2.89. The van der Waals surface area contributed by atoms with Crippen LogP contribution < -0.4 is 9.64 Å². The van der Waals surface area contributed by atoms with Gasteiger partial charge in [-0.2, -0.15) is 0 Å². The van der Waals surface area contributed by atoms with E-state index in [2.05, 4.69) is 6.92 Å². The Hall–Kier alpha value is -2.12. The molecular weight excluding hydrogens is 394 g/mol. The highest BCUT2D eigenvalue weighted by Crippen LogP contribution is 2.37. The van der Waals surface area contributed by atoms with Crippen LogP contribution in [0.4, 0.5) is 5.69 Å². The fourth-order valence-corrected chi connectivity index (χ4v) is 4.63. The SMILES string of the molecule is COc1ccc(SCC(=O)OCC(=O)N2CC[C@@H](C)Sc3ccccc32)cc1. The number of ether oxygens (including phenoxy) is 2. The molecule has 1 aliphatic rings. The van der Waals surface area contributed by atoms with Crippen molar-refractivity contribution in [1.82, 2.24) is 0 Å². The number of carbonyl (C=O) groups is 2. The number of benzene rings is 2. The van der Waals surface area contributed by atoms with Gasteiger partial charge in [0.05, 0.1) is 18.6 Å². The number of amides is 1. The highest BCUT2D eigenvalue weighted by atomic mass is 32.2. The van der Waals surface area contributed by atoms with Gasteiger partial charge in [-0.15, -0.1) is 23.5 Å². The van der Waals surface area contributed by atoms with Gasteiger partial charge >= 0.3 is 5.97 Å². The topological polar surface area (TPSA) is 55.8 Å². The second kappa shape index (κ2) is 9.89. The van der Waals surface area contributed by atoms with E-state index in [4.69, 9.17) is 9.47 Å². The molecule has 5 nitrogen and oxygen atoms in total. The molecule has 1 aliphatic heterocycles. The zero-order chi connectivity index (χ0) is 19.9. The summed E-state index contributed by atoms with van der Waals surface area (Å²) in [4.78, 5) is 28.5. The molecule has 0 N–H and O–H groups in total. The van der Waals surface area contributed by atoms with Gasteiger partial charge in [-0.05, 0) is 42.8 Å². The lowest BCUT2D eigenvalue weighted by atomic mass is 10.2. The minimum atomic E-state index is -0.403. The maximum atomic E-state index is 12.7. The van der Waals surface area contributed by atoms with Gasteiger partial charge in [-0.3, -0.25) is 9.59 Å². The van der Waals surface area contributed by atoms with Crippen molar-refractivity contribution in [3.63, 3.8) is 0 Å². The molecule has 2 aromatic carbocycles. The first-order valence-corrected chi connectivity index (χ1v) is 10.9. The summed E-state index contributed by atoms with van der Waals surface area (Å²) in [7, 11) is 1.61. The molecule has 0 unspecified atom stereocenters. The van der Waals surface area contributed by atoms with Crippen molar-refractivity contribution in [2.24, 2.45) is 0 Å². The van der Waals surface area contributed by atoms with Crippen LogP contribution >= 0.6 is 23.5 Å². The molecule has 0 aliphatic carbocycles. The summed E-state index contributed by atoms with van der Waals surface area (Å²) in [5, 5.41) is 0.433. The number of nitrogens with zero attached hydrogens (tertiary/aromatic N) is 1. The summed E-state index contributed by atoms with van der Waals surface area (Å²) in [5.74, 6) is 0.330. The Kier molecular flexibility index (Phi) is 7.28. The standard InChI is InChI=1S/C21H23NO4S2/c1-15-11-12-22(18-5-3-4-6-19(18)28-15)20(23)13-26-21(24)14-27-17-9-7-16(25-2)8-10-17/h3-10,15H,11-14H2,1-2H3/t15-/m1/s1. The number of rotatable bonds is 6. The van der Waals surface area contributed by atoms with Crippen LogP contribution in [-0.2, 0) is 14.3 Å². The first kappa shape index (κ1) is 20.6. The lowest BCUT2D eigenvalue weighted by Gasteiger charge is -2.22. The molecule has 148 valence electrons. The molecule has 0 radical (unpaired) electrons. The molecule has 0 fully saturated rings. The lowest BCUT2D eigenvalue weighted by molar-refractivity contribution is -0.145. The monoisotopic (exact) mass is 417 g/mol. The van der Waals surface area contributed by atoms with Crippen molar-refractivity contribution in [3.05, 3.63) is 48.5 Å². The molecule has 3 rings (SSSR count). The lowest BCUT2D eigenvalue weighted by Crippen LogP contribution is -2.36. The Bertz CT molecular complexity index is 825. The Labute approximate surface area is 173 Å². The Morgan fingerprint density at radius 3 is 2.68 bits per heavy atom. The van der Waals surface area contributed by atoms with Gasteiger partial charge < -0.3 is 14.4 Å². The zero-order valence-electron chi connectivity index (χ0n) is 15.9. The fraction of sp³-hybridized carbons (Fsp3) is 0.333. The Morgan fingerprint density at radius 2 is 1.93 bits per heavy atom. The molecule has 0 spiro atoms. The van der Waals surface area contributed by atoms with Crippen LogP contribution in [0.2, 0.25) is 0 Å². The van der Waals surface area contributed by atoms with Crippen molar-refractivity contribution < 1.29 is 19.1 Å². The predicted octanol–water partition coefficient (Wildman–Crippen LogP) is 4.25. The molecule has 7 heteroatoms. The van der Waals surface area contributed by atoms with E-state index in [0.29, 0.717) is 11.8 Å². The van der Waals surface area contributed by atoms with Crippen molar-refractivity contribution in [2.75, 3.05) is 30.9 Å². The van der Waals surface area contributed by atoms with E-state index in [1.54, 1.807) is 23.8 Å². The molecule has 0 saturated heterocycles. The first-order chi connectivity index (χ1) is 13.6. The largest absolute Gasteiger partial charge is 0.497 e. The van der Waals surface area contributed by atoms with Crippen LogP contribution in [0.1, 0.15) is 13.3 Å². The minimum absolute atomic E-state index is 0.156. The van der Waals surface area contributed by atoms with Gasteiger partial charge in [0.25, 0.3) is 5.91 Å². The van der Waals surface area contributed by atoms with Crippen LogP contribution in [0, 0.1) is 0 Å². The Balaban J connectivity index is 1.52. The van der Waals surface area contributed by atoms with E-state index < -0.39 is 5.97 Å². The van der Waals surface area contributed by atoms with Crippen LogP contribution in [0.15, 0.2) is 58.3 Å². The number of anilines is 1. The molecule has 28 heavy (non-hydrogen) atoms. The average molecular weight is 418 g/mol. The number of para-hydroxylation sites is 1.